The van der Waals surface area contributed by atoms with E-state index in [1.807, 2.05) is 30.3 Å². The number of alkyl halides is 3. The highest BCUT2D eigenvalue weighted by atomic mass is 19.4. The van der Waals surface area contributed by atoms with Crippen molar-refractivity contribution in [2.45, 2.75) is 43.8 Å². The molecule has 0 saturated carbocycles. The predicted octanol–water partition coefficient (Wildman–Crippen LogP) is 7.09. The van der Waals surface area contributed by atoms with Crippen LogP contribution in [0, 0.1) is 0 Å². The van der Waals surface area contributed by atoms with Gasteiger partial charge in [-0.1, -0.05) is 77.9 Å². The SMILES string of the molecule is [N-]=[N+]=NCc1ccccc1[C@H]1OC(c2ccc(OCCCO)cc2)=N[C@@]1(Cc1ccccc1)C(=O)NCc1ccccc1C(F)(F)F. The quantitative estimate of drug-likeness (QED) is 0.0697. The number of aliphatic hydroxyl groups excluding tert-OH is 1. The fourth-order valence-corrected chi connectivity index (χ4v) is 5.49. The molecule has 2 N–H and O–H groups in total. The third kappa shape index (κ3) is 7.74. The summed E-state index contributed by atoms with van der Waals surface area (Å²) in [5, 5.41) is 15.5. The summed E-state index contributed by atoms with van der Waals surface area (Å²) < 4.78 is 53.6. The van der Waals surface area contributed by atoms with Crippen LogP contribution in [0.15, 0.2) is 113 Å². The number of rotatable bonds is 13. The van der Waals surface area contributed by atoms with Crippen LogP contribution >= 0.6 is 0 Å². The molecule has 1 amide bonds. The van der Waals surface area contributed by atoms with Crippen LogP contribution in [0.3, 0.4) is 0 Å². The summed E-state index contributed by atoms with van der Waals surface area (Å²) in [5.41, 5.74) is 8.87. The molecule has 0 unspecified atom stereocenters. The van der Waals surface area contributed by atoms with Crippen LogP contribution < -0.4 is 10.1 Å². The van der Waals surface area contributed by atoms with E-state index in [4.69, 9.17) is 25.1 Å². The van der Waals surface area contributed by atoms with Crippen LogP contribution in [-0.4, -0.2) is 35.7 Å². The first kappa shape index (κ1) is 33.1. The highest BCUT2D eigenvalue weighted by Gasteiger charge is 2.53. The zero-order valence-corrected chi connectivity index (χ0v) is 25.2. The lowest BCUT2D eigenvalue weighted by molar-refractivity contribution is -0.138. The summed E-state index contributed by atoms with van der Waals surface area (Å²) in [5.74, 6) is 0.0758. The molecule has 4 aromatic rings. The molecular formula is C35H32F3N5O4. The van der Waals surface area contributed by atoms with Crippen molar-refractivity contribution < 1.29 is 32.5 Å². The Morgan fingerprint density at radius 2 is 1.66 bits per heavy atom. The summed E-state index contributed by atoms with van der Waals surface area (Å²) in [4.78, 5) is 22.3. The first-order valence-electron chi connectivity index (χ1n) is 14.9. The second-order valence-electron chi connectivity index (χ2n) is 10.9. The molecule has 1 aliphatic rings. The molecule has 0 aliphatic carbocycles. The maximum atomic E-state index is 14.5. The van der Waals surface area contributed by atoms with Crippen LogP contribution in [0.5, 0.6) is 5.75 Å². The molecule has 5 rings (SSSR count). The predicted molar refractivity (Wildman–Crippen MR) is 169 cm³/mol. The van der Waals surface area contributed by atoms with E-state index >= 15 is 0 Å². The van der Waals surface area contributed by atoms with Crippen molar-refractivity contribution in [3.05, 3.63) is 147 Å². The minimum atomic E-state index is -4.61. The molecule has 0 fully saturated rings. The minimum Gasteiger partial charge on any atom is -0.494 e. The van der Waals surface area contributed by atoms with E-state index in [9.17, 15) is 18.0 Å². The molecule has 0 radical (unpaired) electrons. The number of hydrogen-bond donors (Lipinski definition) is 2. The number of azide groups is 1. The van der Waals surface area contributed by atoms with Crippen LogP contribution in [0.1, 0.15) is 45.9 Å². The average molecular weight is 644 g/mol. The van der Waals surface area contributed by atoms with Gasteiger partial charge in [0, 0.05) is 36.5 Å². The van der Waals surface area contributed by atoms with Crippen LogP contribution in [0.4, 0.5) is 13.2 Å². The molecule has 242 valence electrons. The van der Waals surface area contributed by atoms with Gasteiger partial charge in [0.1, 0.15) is 5.75 Å². The molecule has 0 saturated heterocycles. The van der Waals surface area contributed by atoms with E-state index in [0.717, 1.165) is 11.6 Å². The number of amides is 1. The van der Waals surface area contributed by atoms with Crippen molar-refractivity contribution >= 4 is 11.8 Å². The van der Waals surface area contributed by atoms with E-state index in [0.29, 0.717) is 35.5 Å². The standard InChI is InChI=1S/C35H32F3N5O4/c36-35(37,38)30-14-7-5-12-27(30)22-40-33(45)34(21-24-9-2-1-3-10-24)31(29-13-6-4-11-26(29)23-41-43-39)47-32(42-34)25-15-17-28(18-16-25)46-20-8-19-44/h1-7,9-18,31,44H,8,19-23H2,(H,40,45)/t31-,34-/m1/s1. The molecule has 0 spiro atoms. The number of aliphatic hydroxyl groups is 1. The lowest BCUT2D eigenvalue weighted by Gasteiger charge is -2.32. The van der Waals surface area contributed by atoms with Crippen LogP contribution in [0.2, 0.25) is 0 Å². The maximum Gasteiger partial charge on any atom is 0.416 e. The lowest BCUT2D eigenvalue weighted by Crippen LogP contribution is -2.50. The van der Waals surface area contributed by atoms with Gasteiger partial charge in [0.05, 0.1) is 18.7 Å². The number of nitrogens with zero attached hydrogens (tertiary/aromatic N) is 4. The first-order chi connectivity index (χ1) is 22.7. The smallest absolute Gasteiger partial charge is 0.416 e. The van der Waals surface area contributed by atoms with E-state index in [-0.39, 0.29) is 31.0 Å². The summed E-state index contributed by atoms with van der Waals surface area (Å²) in [6, 6.07) is 28.2. The van der Waals surface area contributed by atoms with E-state index in [2.05, 4.69) is 15.3 Å². The van der Waals surface area contributed by atoms with Crippen LogP contribution in [0.25, 0.3) is 10.4 Å². The van der Waals surface area contributed by atoms with Gasteiger partial charge in [-0.15, -0.1) is 0 Å². The van der Waals surface area contributed by atoms with Gasteiger partial charge in [-0.25, -0.2) is 4.99 Å². The molecule has 2 atom stereocenters. The van der Waals surface area contributed by atoms with Gasteiger partial charge < -0.3 is 19.9 Å². The Labute approximate surface area is 269 Å². The Morgan fingerprint density at radius 3 is 2.36 bits per heavy atom. The average Bonchev–Trinajstić information content (AvgIpc) is 3.47. The van der Waals surface area contributed by atoms with Gasteiger partial charge in [0.25, 0.3) is 5.91 Å². The molecule has 0 aromatic heterocycles. The van der Waals surface area contributed by atoms with E-state index < -0.39 is 35.8 Å². The van der Waals surface area contributed by atoms with Crippen molar-refractivity contribution in [2.75, 3.05) is 13.2 Å². The zero-order chi connectivity index (χ0) is 33.3. The van der Waals surface area contributed by atoms with Crippen molar-refractivity contribution in [2.24, 2.45) is 10.1 Å². The summed E-state index contributed by atoms with van der Waals surface area (Å²) >= 11 is 0. The second-order valence-corrected chi connectivity index (χ2v) is 10.9. The van der Waals surface area contributed by atoms with E-state index in [1.54, 1.807) is 48.5 Å². The molecule has 1 aliphatic heterocycles. The Morgan fingerprint density at radius 1 is 0.979 bits per heavy atom. The molecule has 12 heteroatoms. The number of nitrogens with one attached hydrogen (secondary N) is 1. The van der Waals surface area contributed by atoms with Crippen LogP contribution in [-0.2, 0) is 35.2 Å². The summed E-state index contributed by atoms with van der Waals surface area (Å²) in [6.45, 7) is -0.0968. The van der Waals surface area contributed by atoms with Gasteiger partial charge in [0.15, 0.2) is 11.6 Å². The largest absolute Gasteiger partial charge is 0.494 e. The fraction of sp³-hybridized carbons (Fsp3) is 0.257. The molecule has 9 nitrogen and oxygen atoms in total. The topological polar surface area (TPSA) is 129 Å². The number of benzene rings is 4. The van der Waals surface area contributed by atoms with Crippen molar-refractivity contribution in [1.82, 2.24) is 5.32 Å². The molecule has 47 heavy (non-hydrogen) atoms. The summed E-state index contributed by atoms with van der Waals surface area (Å²) in [7, 11) is 0. The highest BCUT2D eigenvalue weighted by molar-refractivity contribution is 6.01. The van der Waals surface area contributed by atoms with Gasteiger partial charge in [0.2, 0.25) is 5.90 Å². The number of carbonyl (C=O) groups is 1. The fourth-order valence-electron chi connectivity index (χ4n) is 5.49. The number of carbonyl (C=O) groups excluding carboxylic acids is 1. The minimum absolute atomic E-state index is 0.00137. The monoisotopic (exact) mass is 643 g/mol. The highest BCUT2D eigenvalue weighted by Crippen LogP contribution is 2.44. The maximum absolute atomic E-state index is 14.5. The third-order valence-electron chi connectivity index (χ3n) is 7.75. The molecule has 4 aromatic carbocycles. The van der Waals surface area contributed by atoms with E-state index in [1.165, 1.54) is 18.2 Å². The number of hydrogen-bond acceptors (Lipinski definition) is 6. The number of ether oxygens (including phenoxy) is 2. The van der Waals surface area contributed by atoms with Crippen molar-refractivity contribution in [3.8, 4) is 5.75 Å². The Balaban J connectivity index is 1.60. The first-order valence-corrected chi connectivity index (χ1v) is 14.9. The Bertz CT molecular complexity index is 1760. The normalized spacial score (nSPS) is 17.3. The van der Waals surface area contributed by atoms with Crippen molar-refractivity contribution in [3.63, 3.8) is 0 Å². The number of aliphatic imine (C=N–C) groups is 1. The van der Waals surface area contributed by atoms with Gasteiger partial charge in [-0.05, 0) is 58.1 Å². The van der Waals surface area contributed by atoms with Gasteiger partial charge >= 0.3 is 6.18 Å². The lowest BCUT2D eigenvalue weighted by atomic mass is 9.80. The summed E-state index contributed by atoms with van der Waals surface area (Å²) in [6.07, 6.45) is -5.13. The second kappa shape index (κ2) is 14.8. The Hall–Kier alpha value is -5.32. The zero-order valence-electron chi connectivity index (χ0n) is 25.2. The van der Waals surface area contributed by atoms with Gasteiger partial charge in [-0.3, -0.25) is 4.79 Å². The van der Waals surface area contributed by atoms with Gasteiger partial charge in [-0.2, -0.15) is 13.2 Å². The van der Waals surface area contributed by atoms with Crippen molar-refractivity contribution in [1.29, 1.82) is 0 Å². The molecular weight excluding hydrogens is 611 g/mol. The third-order valence-corrected chi connectivity index (χ3v) is 7.75. The molecule has 0 bridgehead atoms. The number of halogens is 3. The molecule has 1 heterocycles. The Kier molecular flexibility index (Phi) is 10.4.